The smallest absolute Gasteiger partial charge is 0.333 e. The molecule has 0 bridgehead atoms. The van der Waals surface area contributed by atoms with E-state index in [1.165, 1.54) is 40.5 Å². The zero-order chi connectivity index (χ0) is 23.3. The number of carbonyl (C=O) groups is 2. The average molecular weight is 465 g/mol. The maximum Gasteiger partial charge on any atom is 0.418 e. The molecule has 0 spiro atoms. The van der Waals surface area contributed by atoms with Gasteiger partial charge in [0.05, 0.1) is 29.9 Å². The maximum atomic E-state index is 13.4. The maximum absolute atomic E-state index is 13.4. The van der Waals surface area contributed by atoms with E-state index in [2.05, 4.69) is 10.3 Å². The zero-order valence-corrected chi connectivity index (χ0v) is 17.8. The van der Waals surface area contributed by atoms with Gasteiger partial charge in [-0.05, 0) is 31.2 Å². The van der Waals surface area contributed by atoms with Crippen molar-refractivity contribution in [3.8, 4) is 10.6 Å². The molecule has 32 heavy (non-hydrogen) atoms. The quantitative estimate of drug-likeness (QED) is 0.500. The first-order valence-electron chi connectivity index (χ1n) is 9.61. The van der Waals surface area contributed by atoms with E-state index in [1.54, 1.807) is 24.4 Å². The number of anilines is 1. The molecular weight excluding hydrogens is 446 g/mol. The third-order valence-corrected chi connectivity index (χ3v) is 5.47. The van der Waals surface area contributed by atoms with Crippen LogP contribution in [0.25, 0.3) is 10.6 Å². The first-order chi connectivity index (χ1) is 15.2. The molecule has 5 nitrogen and oxygen atoms in total. The Hall–Kier alpha value is -3.27. The fourth-order valence-electron chi connectivity index (χ4n) is 2.99. The number of rotatable bonds is 7. The summed E-state index contributed by atoms with van der Waals surface area (Å²) in [6.45, 7) is 1.45. The number of hydrogen-bond donors (Lipinski definition) is 1. The molecular formula is C22H19F4N3O2S. The number of aromatic nitrogens is 1. The van der Waals surface area contributed by atoms with Gasteiger partial charge in [-0.2, -0.15) is 13.2 Å². The van der Waals surface area contributed by atoms with Crippen LogP contribution in [0.1, 0.15) is 18.2 Å². The summed E-state index contributed by atoms with van der Waals surface area (Å²) in [6.07, 6.45) is -4.71. The Morgan fingerprint density at radius 3 is 2.56 bits per heavy atom. The van der Waals surface area contributed by atoms with Gasteiger partial charge in [0.25, 0.3) is 0 Å². The molecule has 0 radical (unpaired) electrons. The Balaban J connectivity index is 1.64. The molecule has 2 amide bonds. The highest BCUT2D eigenvalue weighted by molar-refractivity contribution is 7.13. The predicted molar refractivity (Wildman–Crippen MR) is 114 cm³/mol. The van der Waals surface area contributed by atoms with E-state index < -0.39 is 35.9 Å². The second-order valence-electron chi connectivity index (χ2n) is 6.83. The number of halogens is 4. The van der Waals surface area contributed by atoms with Crippen molar-refractivity contribution in [3.63, 3.8) is 0 Å². The summed E-state index contributed by atoms with van der Waals surface area (Å²) in [5.74, 6) is -1.54. The van der Waals surface area contributed by atoms with Gasteiger partial charge in [0.2, 0.25) is 11.8 Å². The number of amides is 2. The van der Waals surface area contributed by atoms with Crippen molar-refractivity contribution in [1.29, 1.82) is 0 Å². The lowest BCUT2D eigenvalue weighted by Crippen LogP contribution is -2.39. The predicted octanol–water partition coefficient (Wildman–Crippen LogP) is 5.00. The molecule has 0 aliphatic carbocycles. The van der Waals surface area contributed by atoms with Crippen molar-refractivity contribution in [3.05, 3.63) is 71.0 Å². The number of nitrogens with zero attached hydrogens (tertiary/aromatic N) is 2. The lowest BCUT2D eigenvalue weighted by atomic mass is 10.1. The minimum Gasteiger partial charge on any atom is -0.333 e. The molecule has 0 fully saturated rings. The fourth-order valence-corrected chi connectivity index (χ4v) is 3.80. The first-order valence-corrected chi connectivity index (χ1v) is 10.5. The highest BCUT2D eigenvalue weighted by Crippen LogP contribution is 2.34. The summed E-state index contributed by atoms with van der Waals surface area (Å²) < 4.78 is 52.7. The number of carbonyl (C=O) groups excluding carboxylic acids is 2. The lowest BCUT2D eigenvalue weighted by Gasteiger charge is -2.21. The molecule has 168 valence electrons. The molecule has 0 saturated heterocycles. The fraction of sp³-hybridized carbons (Fsp3) is 0.227. The summed E-state index contributed by atoms with van der Waals surface area (Å²) in [6, 6.07) is 10.6. The van der Waals surface area contributed by atoms with Gasteiger partial charge in [-0.15, -0.1) is 11.3 Å². The zero-order valence-electron chi connectivity index (χ0n) is 16.9. The van der Waals surface area contributed by atoms with Crippen LogP contribution in [0, 0.1) is 5.82 Å². The molecule has 3 aromatic rings. The molecule has 1 aromatic heterocycles. The largest absolute Gasteiger partial charge is 0.418 e. The Bertz CT molecular complexity index is 1110. The van der Waals surface area contributed by atoms with Crippen LogP contribution in [0.4, 0.5) is 23.2 Å². The second-order valence-corrected chi connectivity index (χ2v) is 7.69. The summed E-state index contributed by atoms with van der Waals surface area (Å²) in [5.41, 5.74) is -0.285. The van der Waals surface area contributed by atoms with Crippen molar-refractivity contribution in [2.45, 2.75) is 19.5 Å². The molecule has 0 atom stereocenters. The van der Waals surface area contributed by atoms with E-state index in [0.29, 0.717) is 16.3 Å². The topological polar surface area (TPSA) is 62.3 Å². The third-order valence-electron chi connectivity index (χ3n) is 4.53. The molecule has 0 aliphatic heterocycles. The molecule has 0 aliphatic rings. The Morgan fingerprint density at radius 2 is 1.88 bits per heavy atom. The highest BCUT2D eigenvalue weighted by atomic mass is 32.1. The van der Waals surface area contributed by atoms with Gasteiger partial charge in [0.1, 0.15) is 10.8 Å². The molecule has 1 N–H and O–H groups in total. The molecule has 3 rings (SSSR count). The van der Waals surface area contributed by atoms with Gasteiger partial charge in [0.15, 0.2) is 0 Å². The van der Waals surface area contributed by atoms with E-state index in [1.807, 2.05) is 0 Å². The summed E-state index contributed by atoms with van der Waals surface area (Å²) in [4.78, 5) is 30.5. The lowest BCUT2D eigenvalue weighted by molar-refractivity contribution is -0.137. The second kappa shape index (κ2) is 9.90. The van der Waals surface area contributed by atoms with Crippen LogP contribution in [-0.2, 0) is 22.2 Å². The monoisotopic (exact) mass is 465 g/mol. The van der Waals surface area contributed by atoms with Crippen LogP contribution in [0.3, 0.4) is 0 Å². The van der Waals surface area contributed by atoms with Crippen molar-refractivity contribution in [1.82, 2.24) is 9.88 Å². The highest BCUT2D eigenvalue weighted by Gasteiger charge is 2.33. The van der Waals surface area contributed by atoms with E-state index in [9.17, 15) is 27.2 Å². The van der Waals surface area contributed by atoms with Crippen LogP contribution in [0.5, 0.6) is 0 Å². The third kappa shape index (κ3) is 5.91. The van der Waals surface area contributed by atoms with E-state index in [4.69, 9.17) is 0 Å². The van der Waals surface area contributed by atoms with Crippen LogP contribution >= 0.6 is 11.3 Å². The molecule has 0 saturated carbocycles. The minimum absolute atomic E-state index is 0.0912. The van der Waals surface area contributed by atoms with E-state index in [0.717, 1.165) is 12.1 Å². The van der Waals surface area contributed by atoms with Gasteiger partial charge in [-0.25, -0.2) is 9.37 Å². The minimum atomic E-state index is -4.62. The van der Waals surface area contributed by atoms with Crippen LogP contribution in [-0.4, -0.2) is 34.8 Å². The van der Waals surface area contributed by atoms with Crippen molar-refractivity contribution < 1.29 is 27.2 Å². The van der Waals surface area contributed by atoms with Crippen LogP contribution < -0.4 is 5.32 Å². The number of para-hydroxylation sites is 1. The first kappa shape index (κ1) is 23.4. The van der Waals surface area contributed by atoms with Gasteiger partial charge in [-0.1, -0.05) is 24.3 Å². The van der Waals surface area contributed by atoms with E-state index in [-0.39, 0.29) is 18.7 Å². The van der Waals surface area contributed by atoms with Gasteiger partial charge < -0.3 is 10.2 Å². The Labute approximate surface area is 185 Å². The summed E-state index contributed by atoms with van der Waals surface area (Å²) in [7, 11) is 0. The molecule has 0 unspecified atom stereocenters. The molecule has 1 heterocycles. The number of hydrogen-bond acceptors (Lipinski definition) is 4. The van der Waals surface area contributed by atoms with Crippen molar-refractivity contribution >= 4 is 28.8 Å². The standard InChI is InChI=1S/C22H19F4N3O2S/c1-2-29(12-19(30)28-18-9-4-3-8-17(18)22(24,25)26)20(31)11-16-13-32-21(27-16)14-6-5-7-15(23)10-14/h3-10,13H,2,11-12H2,1H3,(H,28,30). The average Bonchev–Trinajstić information content (AvgIpc) is 3.20. The molecule has 10 heteroatoms. The summed E-state index contributed by atoms with van der Waals surface area (Å²) >= 11 is 1.26. The van der Waals surface area contributed by atoms with Crippen molar-refractivity contribution in [2.75, 3.05) is 18.4 Å². The van der Waals surface area contributed by atoms with Gasteiger partial charge >= 0.3 is 6.18 Å². The van der Waals surface area contributed by atoms with Crippen LogP contribution in [0.15, 0.2) is 53.9 Å². The Kier molecular flexibility index (Phi) is 7.24. The SMILES string of the molecule is CCN(CC(=O)Nc1ccccc1C(F)(F)F)C(=O)Cc1csc(-c2cccc(F)c2)n1. The number of likely N-dealkylation sites (N-methyl/N-ethyl adjacent to an activating group) is 1. The van der Waals surface area contributed by atoms with Gasteiger partial charge in [0, 0.05) is 17.5 Å². The van der Waals surface area contributed by atoms with E-state index >= 15 is 0 Å². The normalized spacial score (nSPS) is 11.3. The Morgan fingerprint density at radius 1 is 1.12 bits per heavy atom. The summed E-state index contributed by atoms with van der Waals surface area (Å²) in [5, 5.41) is 4.45. The number of alkyl halides is 3. The van der Waals surface area contributed by atoms with Gasteiger partial charge in [-0.3, -0.25) is 9.59 Å². The van der Waals surface area contributed by atoms with Crippen LogP contribution in [0.2, 0.25) is 0 Å². The molecule has 2 aromatic carbocycles. The number of thiazole rings is 1. The van der Waals surface area contributed by atoms with Crippen molar-refractivity contribution in [2.24, 2.45) is 0 Å². The number of benzene rings is 2. The number of nitrogens with one attached hydrogen (secondary N) is 1.